The Kier molecular flexibility index (Phi) is 4.25. The van der Waals surface area contributed by atoms with Crippen molar-refractivity contribution in [2.24, 2.45) is 0 Å². The molecule has 112 valence electrons. The van der Waals surface area contributed by atoms with E-state index in [1.165, 1.54) is 13.1 Å². The van der Waals surface area contributed by atoms with Crippen LogP contribution in [0.15, 0.2) is 30.6 Å². The third-order valence-electron chi connectivity index (χ3n) is 2.81. The molecule has 0 spiro atoms. The van der Waals surface area contributed by atoms with E-state index in [1.54, 1.807) is 24.5 Å². The van der Waals surface area contributed by atoms with Crippen molar-refractivity contribution in [3.8, 4) is 0 Å². The van der Waals surface area contributed by atoms with Crippen LogP contribution in [0, 0.1) is 0 Å². The van der Waals surface area contributed by atoms with Crippen molar-refractivity contribution in [3.05, 3.63) is 42.0 Å². The minimum absolute atomic E-state index is 0.0988. The maximum absolute atomic E-state index is 12.8. The highest BCUT2D eigenvalue weighted by atomic mass is 19.4. The molecule has 0 amide bonds. The van der Waals surface area contributed by atoms with E-state index in [-0.39, 0.29) is 17.7 Å². The van der Waals surface area contributed by atoms with E-state index in [9.17, 15) is 13.2 Å². The predicted octanol–water partition coefficient (Wildman–Crippen LogP) is 3.11. The molecule has 0 radical (unpaired) electrons. The topological polar surface area (TPSA) is 62.7 Å². The smallest absolute Gasteiger partial charge is 0.373 e. The maximum Gasteiger partial charge on any atom is 0.451 e. The van der Waals surface area contributed by atoms with Gasteiger partial charge >= 0.3 is 6.18 Å². The first-order valence-corrected chi connectivity index (χ1v) is 6.20. The molecule has 0 bridgehead atoms. The van der Waals surface area contributed by atoms with Crippen LogP contribution in [0.5, 0.6) is 0 Å². The number of aromatic nitrogens is 3. The Labute approximate surface area is 119 Å². The second-order valence-electron chi connectivity index (χ2n) is 4.36. The van der Waals surface area contributed by atoms with Gasteiger partial charge in [0.2, 0.25) is 5.82 Å². The summed E-state index contributed by atoms with van der Waals surface area (Å²) >= 11 is 0. The summed E-state index contributed by atoms with van der Waals surface area (Å²) in [6.07, 6.45) is -1.36. The summed E-state index contributed by atoms with van der Waals surface area (Å²) in [5.41, 5.74) is 0.892. The lowest BCUT2D eigenvalue weighted by Crippen LogP contribution is -2.15. The molecule has 1 unspecified atom stereocenters. The van der Waals surface area contributed by atoms with Crippen LogP contribution in [0.2, 0.25) is 0 Å². The summed E-state index contributed by atoms with van der Waals surface area (Å²) in [6.45, 7) is 1.82. The first-order valence-electron chi connectivity index (χ1n) is 6.20. The van der Waals surface area contributed by atoms with Gasteiger partial charge in [-0.15, -0.1) is 0 Å². The largest absolute Gasteiger partial charge is 0.451 e. The fourth-order valence-electron chi connectivity index (χ4n) is 1.73. The van der Waals surface area contributed by atoms with Gasteiger partial charge in [-0.25, -0.2) is 9.97 Å². The number of halogens is 3. The van der Waals surface area contributed by atoms with Crippen molar-refractivity contribution >= 4 is 11.6 Å². The molecule has 5 nitrogen and oxygen atoms in total. The highest BCUT2D eigenvalue weighted by molar-refractivity contribution is 5.48. The molecular formula is C13H14F3N5. The summed E-state index contributed by atoms with van der Waals surface area (Å²) in [5.74, 6) is -0.980. The van der Waals surface area contributed by atoms with Crippen molar-refractivity contribution in [2.45, 2.75) is 19.1 Å². The van der Waals surface area contributed by atoms with Crippen molar-refractivity contribution in [1.82, 2.24) is 15.0 Å². The Morgan fingerprint density at radius 1 is 1.10 bits per heavy atom. The molecule has 0 saturated carbocycles. The Morgan fingerprint density at radius 3 is 2.29 bits per heavy atom. The number of hydrogen-bond donors (Lipinski definition) is 2. The van der Waals surface area contributed by atoms with E-state index in [0.29, 0.717) is 0 Å². The maximum atomic E-state index is 12.8. The van der Waals surface area contributed by atoms with Crippen molar-refractivity contribution < 1.29 is 13.2 Å². The van der Waals surface area contributed by atoms with Gasteiger partial charge in [-0.05, 0) is 24.6 Å². The van der Waals surface area contributed by atoms with Crippen LogP contribution in [-0.2, 0) is 6.18 Å². The first-order chi connectivity index (χ1) is 9.90. The van der Waals surface area contributed by atoms with Gasteiger partial charge in [-0.1, -0.05) is 0 Å². The molecule has 0 saturated heterocycles. The van der Waals surface area contributed by atoms with Crippen LogP contribution in [0.3, 0.4) is 0 Å². The van der Waals surface area contributed by atoms with E-state index >= 15 is 0 Å². The normalized spacial score (nSPS) is 12.8. The fourth-order valence-corrected chi connectivity index (χ4v) is 1.73. The molecule has 0 aromatic carbocycles. The number of pyridine rings is 1. The van der Waals surface area contributed by atoms with Crippen LogP contribution < -0.4 is 10.6 Å². The molecule has 0 aliphatic heterocycles. The standard InChI is InChI=1S/C13H14F3N5/c1-8(9-3-5-18-6-4-9)19-11-7-10(17-2)20-12(21-11)13(14,15)16/h3-8H,1-2H3,(H2,17,19,20,21). The van der Waals surface area contributed by atoms with Crippen LogP contribution >= 0.6 is 0 Å². The number of hydrogen-bond acceptors (Lipinski definition) is 5. The highest BCUT2D eigenvalue weighted by Crippen LogP contribution is 2.29. The van der Waals surface area contributed by atoms with Gasteiger partial charge in [0.1, 0.15) is 11.6 Å². The molecule has 2 aromatic rings. The molecule has 2 aromatic heterocycles. The van der Waals surface area contributed by atoms with Crippen molar-refractivity contribution in [2.75, 3.05) is 17.7 Å². The van der Waals surface area contributed by atoms with Gasteiger partial charge in [-0.2, -0.15) is 13.2 Å². The zero-order valence-electron chi connectivity index (χ0n) is 11.4. The van der Waals surface area contributed by atoms with Crippen LogP contribution in [-0.4, -0.2) is 22.0 Å². The zero-order chi connectivity index (χ0) is 15.5. The first kappa shape index (κ1) is 15.0. The summed E-state index contributed by atoms with van der Waals surface area (Å²) in [5, 5.41) is 5.52. The number of anilines is 2. The minimum atomic E-state index is -4.59. The molecule has 1 atom stereocenters. The Hall–Kier alpha value is -2.38. The Balaban J connectivity index is 2.27. The molecule has 0 aliphatic carbocycles. The Morgan fingerprint density at radius 2 is 1.71 bits per heavy atom. The van der Waals surface area contributed by atoms with E-state index in [2.05, 4.69) is 25.6 Å². The zero-order valence-corrected chi connectivity index (χ0v) is 11.4. The van der Waals surface area contributed by atoms with E-state index in [4.69, 9.17) is 0 Å². The second-order valence-corrected chi connectivity index (χ2v) is 4.36. The van der Waals surface area contributed by atoms with Crippen LogP contribution in [0.1, 0.15) is 24.4 Å². The number of alkyl halides is 3. The van der Waals surface area contributed by atoms with Crippen LogP contribution in [0.25, 0.3) is 0 Å². The van der Waals surface area contributed by atoms with Gasteiger partial charge in [0.25, 0.3) is 0 Å². The average Bonchev–Trinajstić information content (AvgIpc) is 2.46. The Bertz CT molecular complexity index is 601. The number of rotatable bonds is 4. The van der Waals surface area contributed by atoms with Gasteiger partial charge < -0.3 is 10.6 Å². The second kappa shape index (κ2) is 5.94. The molecule has 2 rings (SSSR count). The summed E-state index contributed by atoms with van der Waals surface area (Å²) in [7, 11) is 1.50. The summed E-state index contributed by atoms with van der Waals surface area (Å²) in [6, 6.07) is 4.77. The fraction of sp³-hybridized carbons (Fsp3) is 0.308. The minimum Gasteiger partial charge on any atom is -0.373 e. The number of nitrogens with zero attached hydrogens (tertiary/aromatic N) is 3. The van der Waals surface area contributed by atoms with Gasteiger partial charge in [-0.3, -0.25) is 4.98 Å². The van der Waals surface area contributed by atoms with E-state index in [1.807, 2.05) is 6.92 Å². The lowest BCUT2D eigenvalue weighted by molar-refractivity contribution is -0.144. The molecule has 0 aliphatic rings. The monoisotopic (exact) mass is 297 g/mol. The van der Waals surface area contributed by atoms with E-state index < -0.39 is 12.0 Å². The summed E-state index contributed by atoms with van der Waals surface area (Å²) in [4.78, 5) is 10.8. The molecular weight excluding hydrogens is 283 g/mol. The predicted molar refractivity (Wildman–Crippen MR) is 72.9 cm³/mol. The van der Waals surface area contributed by atoms with E-state index in [0.717, 1.165) is 5.56 Å². The molecule has 21 heavy (non-hydrogen) atoms. The van der Waals surface area contributed by atoms with Crippen molar-refractivity contribution in [3.63, 3.8) is 0 Å². The third-order valence-corrected chi connectivity index (χ3v) is 2.81. The third kappa shape index (κ3) is 3.80. The van der Waals surface area contributed by atoms with Gasteiger partial charge in [0.15, 0.2) is 0 Å². The molecule has 8 heteroatoms. The average molecular weight is 297 g/mol. The SMILES string of the molecule is CNc1cc(NC(C)c2ccncc2)nc(C(F)(F)F)n1. The van der Waals surface area contributed by atoms with Crippen molar-refractivity contribution in [1.29, 1.82) is 0 Å². The van der Waals surface area contributed by atoms with Crippen LogP contribution in [0.4, 0.5) is 24.8 Å². The lowest BCUT2D eigenvalue weighted by atomic mass is 10.1. The lowest BCUT2D eigenvalue weighted by Gasteiger charge is -2.16. The number of nitrogens with one attached hydrogen (secondary N) is 2. The quantitative estimate of drug-likeness (QED) is 0.908. The summed E-state index contributed by atoms with van der Waals surface area (Å²) < 4.78 is 38.3. The molecule has 2 heterocycles. The highest BCUT2D eigenvalue weighted by Gasteiger charge is 2.35. The molecule has 2 N–H and O–H groups in total. The van der Waals surface area contributed by atoms with Gasteiger partial charge in [0.05, 0.1) is 6.04 Å². The van der Waals surface area contributed by atoms with Gasteiger partial charge in [0, 0.05) is 25.5 Å². The molecule has 0 fully saturated rings.